The SMILES string of the molecule is CC[C@@H]1NC(=O)[C@H]([C@H](OC(C)=O)[C@H](C)CCC(C)=O)N(C)C(=O)[C@H](C(C)C)N(C)C(=O)[C@H](CC(C)C)N(C)C(=O)[C@H](CC(C)C)N(C)C(=O)[C@@H](C)NC(=O)[C@H](C)NC(=O)[C@H](CC(C)C)N(C)C(=O)[C@H](C(C)C)NC(=O)[C@H](CC(C)C)N(C)C(=O)CN(C)C1=O. The largest absolute Gasteiger partial charge is 0.460 e. The zero-order chi connectivity index (χ0) is 69.1. The number of nitrogens with zero attached hydrogens (tertiary/aromatic N) is 7. The summed E-state index contributed by atoms with van der Waals surface area (Å²) in [6.45, 7) is 29.6. The summed E-state index contributed by atoms with van der Waals surface area (Å²) in [5.74, 6) is -11.5. The van der Waals surface area contributed by atoms with E-state index in [4.69, 9.17) is 4.74 Å². The van der Waals surface area contributed by atoms with Crippen molar-refractivity contribution in [3.63, 3.8) is 0 Å². The first-order valence-corrected chi connectivity index (χ1v) is 31.7. The van der Waals surface area contributed by atoms with Crippen molar-refractivity contribution in [1.82, 2.24) is 55.6 Å². The molecule has 1 fully saturated rings. The third-order valence-electron chi connectivity index (χ3n) is 16.6. The number of amides is 11. The van der Waals surface area contributed by atoms with Gasteiger partial charge in [0, 0.05) is 62.7 Å². The van der Waals surface area contributed by atoms with Crippen molar-refractivity contribution >= 4 is 76.7 Å². The van der Waals surface area contributed by atoms with Crippen molar-refractivity contribution in [2.75, 3.05) is 55.9 Å². The Labute approximate surface area is 530 Å². The third-order valence-corrected chi connectivity index (χ3v) is 16.6. The van der Waals surface area contributed by atoms with Crippen molar-refractivity contribution < 1.29 is 67.1 Å². The number of nitrogens with one attached hydrogen (secondary N) is 4. The van der Waals surface area contributed by atoms with Crippen LogP contribution in [-0.2, 0) is 67.1 Å². The maximum atomic E-state index is 15.4. The van der Waals surface area contributed by atoms with Gasteiger partial charge in [-0.15, -0.1) is 0 Å². The van der Waals surface area contributed by atoms with Crippen LogP contribution in [0.15, 0.2) is 0 Å². The van der Waals surface area contributed by atoms with Crippen LogP contribution in [-0.4, -0.2) is 233 Å². The second kappa shape index (κ2) is 36.2. The number of carbonyl (C=O) groups is 13. The number of carbonyl (C=O) groups excluding carboxylic acids is 13. The van der Waals surface area contributed by atoms with Gasteiger partial charge in [0.05, 0.1) is 6.54 Å². The summed E-state index contributed by atoms with van der Waals surface area (Å²) < 4.78 is 5.89. The van der Waals surface area contributed by atoms with Crippen LogP contribution in [0.5, 0.6) is 0 Å². The molecule has 1 rings (SSSR count). The van der Waals surface area contributed by atoms with E-state index in [0.717, 1.165) is 16.7 Å². The number of hydrogen-bond acceptors (Lipinski definition) is 14. The first-order chi connectivity index (χ1) is 41.0. The molecule has 1 aliphatic rings. The number of ether oxygens (including phenoxy) is 1. The van der Waals surface area contributed by atoms with E-state index < -0.39 is 162 Å². The summed E-state index contributed by atoms with van der Waals surface area (Å²) in [6, 6.07) is -12.8. The minimum absolute atomic E-state index is 0.0205. The highest BCUT2D eigenvalue weighted by Gasteiger charge is 2.47. The number of Topliss-reactive ketones (excluding diaryl/α,β-unsaturated/α-hetero) is 1. The molecular formula is C64H113N11O14. The molecule has 0 radical (unpaired) electrons. The lowest BCUT2D eigenvalue weighted by atomic mass is 9.90. The van der Waals surface area contributed by atoms with E-state index >= 15 is 19.2 Å². The maximum Gasteiger partial charge on any atom is 0.303 e. The summed E-state index contributed by atoms with van der Waals surface area (Å²) >= 11 is 0. The van der Waals surface area contributed by atoms with Crippen molar-refractivity contribution in [2.24, 2.45) is 41.4 Å². The predicted octanol–water partition coefficient (Wildman–Crippen LogP) is 3.24. The van der Waals surface area contributed by atoms with Crippen molar-refractivity contribution in [1.29, 1.82) is 0 Å². The fraction of sp³-hybridized carbons (Fsp3) is 0.797. The number of ketones is 1. The molecule has 1 saturated heterocycles. The Morgan fingerprint density at radius 3 is 1.31 bits per heavy atom. The number of likely N-dealkylation sites (N-methyl/N-ethyl adjacent to an activating group) is 7. The van der Waals surface area contributed by atoms with Gasteiger partial charge in [-0.1, -0.05) is 96.9 Å². The molecule has 0 bridgehead atoms. The van der Waals surface area contributed by atoms with Gasteiger partial charge in [-0.25, -0.2) is 0 Å². The van der Waals surface area contributed by atoms with Gasteiger partial charge in [-0.3, -0.25) is 57.5 Å². The normalized spacial score (nSPS) is 26.0. The fourth-order valence-corrected chi connectivity index (χ4v) is 11.1. The standard InChI is InChI=1S/C64H113N11O14/c1-26-45-60(84)69(19)33-50(78)70(20)46(29-34(2)3)57(81)68-51(38(10)11)63(87)71(21)47(30-35(4)5)56(80)65-42(16)55(79)66-43(17)59(83)72(22)48(31-36(6)7)61(85)73(23)49(32-37(8)9)62(86)74(24)52(39(12)13)64(88)75(25)53(58(82)67-45)54(89-44(18)77)40(14)27-28-41(15)76/h34-40,42-43,45-49,51-54H,26-33H2,1-25H3,(H,65,80)(H,66,79)(H,67,82)(H,68,81)/t40-,42+,43-,45+,46+,47+,48+,49+,51+,52+,53+,54-/m1/s1. The first kappa shape index (κ1) is 80.3. The Morgan fingerprint density at radius 2 is 0.876 bits per heavy atom. The monoisotopic (exact) mass is 1260 g/mol. The Balaban J connectivity index is 4.45. The molecular weight excluding hydrogens is 1150 g/mol. The molecule has 0 aromatic carbocycles. The van der Waals surface area contributed by atoms with Crippen molar-refractivity contribution in [3.8, 4) is 0 Å². The highest BCUT2D eigenvalue weighted by Crippen LogP contribution is 2.27. The molecule has 0 unspecified atom stereocenters. The Morgan fingerprint density at radius 1 is 0.461 bits per heavy atom. The Kier molecular flexibility index (Phi) is 32.7. The second-order valence-corrected chi connectivity index (χ2v) is 27.1. The molecule has 25 heteroatoms. The minimum Gasteiger partial charge on any atom is -0.460 e. The second-order valence-electron chi connectivity index (χ2n) is 27.1. The molecule has 1 heterocycles. The average molecular weight is 1260 g/mol. The molecule has 25 nitrogen and oxygen atoms in total. The summed E-state index contributed by atoms with van der Waals surface area (Å²) in [5, 5.41) is 11.0. The van der Waals surface area contributed by atoms with Crippen LogP contribution in [0.4, 0.5) is 0 Å². The van der Waals surface area contributed by atoms with E-state index in [9.17, 15) is 43.2 Å². The van der Waals surface area contributed by atoms with Gasteiger partial charge in [0.2, 0.25) is 65.0 Å². The quantitative estimate of drug-likeness (QED) is 0.152. The van der Waals surface area contributed by atoms with Gasteiger partial charge >= 0.3 is 5.97 Å². The predicted molar refractivity (Wildman–Crippen MR) is 338 cm³/mol. The third kappa shape index (κ3) is 23.3. The van der Waals surface area contributed by atoms with E-state index in [1.54, 1.807) is 41.5 Å². The van der Waals surface area contributed by atoms with Crippen LogP contribution in [0, 0.1) is 41.4 Å². The Bertz CT molecular complexity index is 2490. The van der Waals surface area contributed by atoms with E-state index in [2.05, 4.69) is 21.3 Å². The lowest BCUT2D eigenvalue weighted by Gasteiger charge is -2.42. The number of hydrogen-bond donors (Lipinski definition) is 4. The molecule has 0 aromatic heterocycles. The van der Waals surface area contributed by atoms with Gasteiger partial charge in [-0.2, -0.15) is 0 Å². The van der Waals surface area contributed by atoms with E-state index in [-0.39, 0.29) is 74.4 Å². The van der Waals surface area contributed by atoms with Crippen LogP contribution < -0.4 is 21.3 Å². The lowest BCUT2D eigenvalue weighted by molar-refractivity contribution is -0.164. The maximum absolute atomic E-state index is 15.4. The molecule has 12 atom stereocenters. The first-order valence-electron chi connectivity index (χ1n) is 31.7. The van der Waals surface area contributed by atoms with Crippen LogP contribution in [0.2, 0.25) is 0 Å². The molecule has 4 N–H and O–H groups in total. The minimum atomic E-state index is -1.69. The average Bonchev–Trinajstić information content (AvgIpc) is 2.33. The summed E-state index contributed by atoms with van der Waals surface area (Å²) in [4.78, 5) is 195. The molecule has 1 aliphatic heterocycles. The van der Waals surface area contributed by atoms with Crippen LogP contribution in [0.25, 0.3) is 0 Å². The van der Waals surface area contributed by atoms with Gasteiger partial charge in [0.1, 0.15) is 72.3 Å². The van der Waals surface area contributed by atoms with Crippen molar-refractivity contribution in [3.05, 3.63) is 0 Å². The van der Waals surface area contributed by atoms with Crippen molar-refractivity contribution in [2.45, 2.75) is 236 Å². The molecule has 0 saturated carbocycles. The van der Waals surface area contributed by atoms with Gasteiger partial charge in [0.15, 0.2) is 0 Å². The van der Waals surface area contributed by atoms with E-state index in [1.807, 2.05) is 55.4 Å². The highest BCUT2D eigenvalue weighted by molar-refractivity contribution is 5.99. The molecule has 89 heavy (non-hydrogen) atoms. The summed E-state index contributed by atoms with van der Waals surface area (Å²) in [5.41, 5.74) is 0. The zero-order valence-corrected chi connectivity index (χ0v) is 58.4. The van der Waals surface area contributed by atoms with Gasteiger partial charge in [-0.05, 0) is 101 Å². The Hall–Kier alpha value is -6.69. The summed E-state index contributed by atoms with van der Waals surface area (Å²) in [6.07, 6.45) is -0.822. The molecule has 0 aliphatic carbocycles. The van der Waals surface area contributed by atoms with Crippen LogP contribution in [0.3, 0.4) is 0 Å². The highest BCUT2D eigenvalue weighted by atomic mass is 16.5. The van der Waals surface area contributed by atoms with Crippen LogP contribution in [0.1, 0.15) is 170 Å². The van der Waals surface area contributed by atoms with Gasteiger partial charge in [0.25, 0.3) is 0 Å². The fourth-order valence-electron chi connectivity index (χ4n) is 11.1. The molecule has 0 spiro atoms. The molecule has 11 amide bonds. The summed E-state index contributed by atoms with van der Waals surface area (Å²) in [7, 11) is 9.74. The zero-order valence-electron chi connectivity index (χ0n) is 58.4. The number of esters is 1. The molecule has 508 valence electrons. The topological polar surface area (TPSA) is 302 Å². The van der Waals surface area contributed by atoms with Gasteiger partial charge < -0.3 is 65.1 Å². The number of rotatable bonds is 17. The smallest absolute Gasteiger partial charge is 0.303 e. The van der Waals surface area contributed by atoms with E-state index in [0.29, 0.717) is 0 Å². The van der Waals surface area contributed by atoms with E-state index in [1.165, 1.54) is 94.6 Å². The van der Waals surface area contributed by atoms with Crippen LogP contribution >= 0.6 is 0 Å². The lowest BCUT2D eigenvalue weighted by Crippen LogP contribution is -2.64. The molecule has 0 aromatic rings.